The zero-order valence-corrected chi connectivity index (χ0v) is 13.0. The molecule has 0 N–H and O–H groups in total. The number of hydrogen-bond donors (Lipinski definition) is 0. The first-order chi connectivity index (χ1) is 10.3. The van der Waals surface area contributed by atoms with Crippen molar-refractivity contribution in [3.63, 3.8) is 0 Å². The topological polar surface area (TPSA) is 27.1 Å². The van der Waals surface area contributed by atoms with Gasteiger partial charge in [0.05, 0.1) is 28.6 Å². The Labute approximate surface area is 131 Å². The highest BCUT2D eigenvalue weighted by Gasteiger charge is 2.29. The van der Waals surface area contributed by atoms with Gasteiger partial charge in [0.2, 0.25) is 0 Å². The standard InChI is InChI=1S/C15H16ClF3N2O/c1-10-14(16)11(2)21(20-10)8-3-9-22-13-6-4-12(5-7-13)15(17,18)19/h4-7H,3,8-9H2,1-2H3. The smallest absolute Gasteiger partial charge is 0.416 e. The molecule has 2 aromatic rings. The van der Waals surface area contributed by atoms with Gasteiger partial charge in [-0.2, -0.15) is 18.3 Å². The van der Waals surface area contributed by atoms with Crippen LogP contribution in [-0.2, 0) is 12.7 Å². The van der Waals surface area contributed by atoms with E-state index in [2.05, 4.69) is 5.10 Å². The van der Waals surface area contributed by atoms with E-state index in [0.717, 1.165) is 23.5 Å². The molecule has 2 rings (SSSR count). The molecular weight excluding hydrogens is 317 g/mol. The first-order valence-corrected chi connectivity index (χ1v) is 7.16. The summed E-state index contributed by atoms with van der Waals surface area (Å²) in [6.45, 7) is 4.75. The fraction of sp³-hybridized carbons (Fsp3) is 0.400. The third-order valence-electron chi connectivity index (χ3n) is 3.26. The van der Waals surface area contributed by atoms with Crippen LogP contribution in [0.3, 0.4) is 0 Å². The number of benzene rings is 1. The monoisotopic (exact) mass is 332 g/mol. The van der Waals surface area contributed by atoms with E-state index in [1.807, 2.05) is 13.8 Å². The molecule has 0 spiro atoms. The van der Waals surface area contributed by atoms with Crippen molar-refractivity contribution in [2.45, 2.75) is 33.0 Å². The average Bonchev–Trinajstić information content (AvgIpc) is 2.70. The van der Waals surface area contributed by atoms with Crippen LogP contribution in [0, 0.1) is 13.8 Å². The van der Waals surface area contributed by atoms with Gasteiger partial charge in [0.25, 0.3) is 0 Å². The summed E-state index contributed by atoms with van der Waals surface area (Å²) in [6.07, 6.45) is -3.65. The highest BCUT2D eigenvalue weighted by atomic mass is 35.5. The van der Waals surface area contributed by atoms with Crippen LogP contribution in [0.25, 0.3) is 0 Å². The number of halogens is 4. The molecule has 0 saturated heterocycles. The van der Waals surface area contributed by atoms with Gasteiger partial charge in [-0.25, -0.2) is 0 Å². The van der Waals surface area contributed by atoms with E-state index in [0.29, 0.717) is 30.3 Å². The molecule has 1 aromatic heterocycles. The van der Waals surface area contributed by atoms with Crippen LogP contribution in [0.15, 0.2) is 24.3 Å². The molecule has 1 aromatic carbocycles. The third-order valence-corrected chi connectivity index (χ3v) is 3.80. The van der Waals surface area contributed by atoms with Crippen LogP contribution in [0.1, 0.15) is 23.4 Å². The summed E-state index contributed by atoms with van der Waals surface area (Å²) in [7, 11) is 0. The Hall–Kier alpha value is -1.69. The van der Waals surface area contributed by atoms with Crippen molar-refractivity contribution in [2.75, 3.05) is 6.61 Å². The minimum atomic E-state index is -4.33. The lowest BCUT2D eigenvalue weighted by atomic mass is 10.2. The Kier molecular flexibility index (Phi) is 5.01. The normalized spacial score (nSPS) is 11.7. The van der Waals surface area contributed by atoms with Gasteiger partial charge in [0, 0.05) is 13.0 Å². The summed E-state index contributed by atoms with van der Waals surface area (Å²) in [4.78, 5) is 0. The molecule has 0 bridgehead atoms. The molecule has 0 aliphatic rings. The van der Waals surface area contributed by atoms with Crippen molar-refractivity contribution in [3.05, 3.63) is 46.2 Å². The van der Waals surface area contributed by atoms with E-state index in [9.17, 15) is 13.2 Å². The fourth-order valence-corrected chi connectivity index (χ4v) is 2.17. The minimum Gasteiger partial charge on any atom is -0.494 e. The van der Waals surface area contributed by atoms with E-state index in [-0.39, 0.29) is 0 Å². The summed E-state index contributed by atoms with van der Waals surface area (Å²) in [6, 6.07) is 4.66. The predicted octanol–water partition coefficient (Wildman–Crippen LogP) is 4.64. The maximum absolute atomic E-state index is 12.4. The fourth-order valence-electron chi connectivity index (χ4n) is 2.04. The summed E-state index contributed by atoms with van der Waals surface area (Å²) in [5.74, 6) is 0.416. The predicted molar refractivity (Wildman–Crippen MR) is 78.3 cm³/mol. The Balaban J connectivity index is 1.83. The number of aryl methyl sites for hydroxylation is 2. The SMILES string of the molecule is Cc1nn(CCCOc2ccc(C(F)(F)F)cc2)c(C)c1Cl. The Morgan fingerprint density at radius 1 is 1.18 bits per heavy atom. The Morgan fingerprint density at radius 2 is 1.82 bits per heavy atom. The van der Waals surface area contributed by atoms with Crippen molar-refractivity contribution < 1.29 is 17.9 Å². The van der Waals surface area contributed by atoms with Gasteiger partial charge < -0.3 is 4.74 Å². The molecule has 3 nitrogen and oxygen atoms in total. The summed E-state index contributed by atoms with van der Waals surface area (Å²) >= 11 is 6.05. The molecule has 0 aliphatic heterocycles. The molecule has 22 heavy (non-hydrogen) atoms. The summed E-state index contributed by atoms with van der Waals surface area (Å²) < 4.78 is 44.5. The lowest BCUT2D eigenvalue weighted by Gasteiger charge is -2.09. The van der Waals surface area contributed by atoms with Crippen molar-refractivity contribution in [1.29, 1.82) is 0 Å². The van der Waals surface area contributed by atoms with Crippen LogP contribution in [-0.4, -0.2) is 16.4 Å². The lowest BCUT2D eigenvalue weighted by Crippen LogP contribution is -2.08. The highest BCUT2D eigenvalue weighted by Crippen LogP contribution is 2.30. The van der Waals surface area contributed by atoms with Gasteiger partial charge in [-0.15, -0.1) is 0 Å². The van der Waals surface area contributed by atoms with E-state index in [4.69, 9.17) is 16.3 Å². The van der Waals surface area contributed by atoms with Crippen molar-refractivity contribution in [1.82, 2.24) is 9.78 Å². The first-order valence-electron chi connectivity index (χ1n) is 6.78. The number of rotatable bonds is 5. The van der Waals surface area contributed by atoms with Crippen LogP contribution >= 0.6 is 11.6 Å². The van der Waals surface area contributed by atoms with E-state index in [1.165, 1.54) is 12.1 Å². The third kappa shape index (κ3) is 3.94. The highest BCUT2D eigenvalue weighted by molar-refractivity contribution is 6.31. The Bertz CT molecular complexity index is 635. The van der Waals surface area contributed by atoms with Crippen LogP contribution in [0.5, 0.6) is 5.75 Å². The second-order valence-corrected chi connectivity index (χ2v) is 5.31. The van der Waals surface area contributed by atoms with Gasteiger partial charge in [0.1, 0.15) is 5.75 Å². The molecule has 7 heteroatoms. The Morgan fingerprint density at radius 3 is 2.32 bits per heavy atom. The molecular formula is C15H16ClF3N2O. The molecule has 0 unspecified atom stereocenters. The van der Waals surface area contributed by atoms with Gasteiger partial charge in [-0.1, -0.05) is 11.6 Å². The zero-order chi connectivity index (χ0) is 16.3. The lowest BCUT2D eigenvalue weighted by molar-refractivity contribution is -0.137. The number of alkyl halides is 3. The van der Waals surface area contributed by atoms with Gasteiger partial charge >= 0.3 is 6.18 Å². The molecule has 0 atom stereocenters. The van der Waals surface area contributed by atoms with E-state index >= 15 is 0 Å². The summed E-state index contributed by atoms with van der Waals surface area (Å²) in [5, 5.41) is 4.95. The second-order valence-electron chi connectivity index (χ2n) is 4.93. The maximum Gasteiger partial charge on any atom is 0.416 e. The molecule has 0 radical (unpaired) electrons. The minimum absolute atomic E-state index is 0.390. The maximum atomic E-state index is 12.4. The molecule has 0 fully saturated rings. The van der Waals surface area contributed by atoms with Crippen LogP contribution in [0.4, 0.5) is 13.2 Å². The zero-order valence-electron chi connectivity index (χ0n) is 12.2. The van der Waals surface area contributed by atoms with Crippen LogP contribution in [0.2, 0.25) is 5.02 Å². The van der Waals surface area contributed by atoms with Crippen molar-refractivity contribution in [2.24, 2.45) is 0 Å². The number of hydrogen-bond acceptors (Lipinski definition) is 2. The first kappa shape index (κ1) is 16.7. The van der Waals surface area contributed by atoms with E-state index < -0.39 is 11.7 Å². The summed E-state index contributed by atoms with van der Waals surface area (Å²) in [5.41, 5.74) is 0.994. The van der Waals surface area contributed by atoms with Gasteiger partial charge in [-0.3, -0.25) is 4.68 Å². The average molecular weight is 333 g/mol. The molecule has 0 amide bonds. The molecule has 0 aliphatic carbocycles. The molecule has 1 heterocycles. The van der Waals surface area contributed by atoms with Crippen molar-refractivity contribution in [3.8, 4) is 5.75 Å². The van der Waals surface area contributed by atoms with Gasteiger partial charge in [0.15, 0.2) is 0 Å². The van der Waals surface area contributed by atoms with Crippen molar-refractivity contribution >= 4 is 11.6 Å². The van der Waals surface area contributed by atoms with E-state index in [1.54, 1.807) is 4.68 Å². The van der Waals surface area contributed by atoms with Gasteiger partial charge in [-0.05, 0) is 38.1 Å². The number of nitrogens with zero attached hydrogens (tertiary/aromatic N) is 2. The number of ether oxygens (including phenoxy) is 1. The molecule has 0 saturated carbocycles. The largest absolute Gasteiger partial charge is 0.494 e. The quantitative estimate of drug-likeness (QED) is 0.746. The number of aromatic nitrogens is 2. The molecule has 120 valence electrons. The van der Waals surface area contributed by atoms with Crippen LogP contribution < -0.4 is 4.74 Å². The second kappa shape index (κ2) is 6.60.